The van der Waals surface area contributed by atoms with E-state index < -0.39 is 17.2 Å². The Balaban J connectivity index is 1.65. The van der Waals surface area contributed by atoms with Crippen LogP contribution in [0.15, 0.2) is 51.8 Å². The highest BCUT2D eigenvalue weighted by Crippen LogP contribution is 2.10. The van der Waals surface area contributed by atoms with Gasteiger partial charge in [-0.1, -0.05) is 12.1 Å². The Morgan fingerprint density at radius 2 is 1.85 bits per heavy atom. The lowest BCUT2D eigenvalue weighted by Gasteiger charge is -2.07. The minimum absolute atomic E-state index is 0.0186. The molecule has 3 N–H and O–H groups in total. The third kappa shape index (κ3) is 4.24. The number of amides is 2. The molecule has 140 valence electrons. The Hall–Kier alpha value is -3.39. The van der Waals surface area contributed by atoms with Crippen molar-refractivity contribution in [3.8, 4) is 0 Å². The molecular weight excluding hydrogens is 350 g/mol. The van der Waals surface area contributed by atoms with Crippen LogP contribution in [0.2, 0.25) is 0 Å². The number of H-pyrrole nitrogens is 1. The topological polar surface area (TPSA) is 113 Å². The molecule has 0 fully saturated rings. The number of ether oxygens (including phenoxy) is 1. The Kier molecular flexibility index (Phi) is 5.37. The zero-order chi connectivity index (χ0) is 19.4. The van der Waals surface area contributed by atoms with Crippen molar-refractivity contribution in [3.05, 3.63) is 69.9 Å². The van der Waals surface area contributed by atoms with E-state index in [1.54, 1.807) is 30.3 Å². The lowest BCUT2D eigenvalue weighted by molar-refractivity contribution is 0.0534. The van der Waals surface area contributed by atoms with Crippen LogP contribution in [0.5, 0.6) is 0 Å². The molecule has 0 unspecified atom stereocenters. The summed E-state index contributed by atoms with van der Waals surface area (Å²) in [4.78, 5) is 39.6. The van der Waals surface area contributed by atoms with Crippen LogP contribution in [-0.2, 0) is 11.3 Å². The first kappa shape index (κ1) is 18.4. The molecule has 0 aliphatic heterocycles. The number of nitrogens with one attached hydrogen (secondary N) is 3. The molecule has 8 heteroatoms. The molecule has 0 aliphatic rings. The predicted molar refractivity (Wildman–Crippen MR) is 98.1 cm³/mol. The second kappa shape index (κ2) is 7.88. The van der Waals surface area contributed by atoms with Gasteiger partial charge in [0.05, 0.1) is 6.10 Å². The number of pyridine rings is 1. The summed E-state index contributed by atoms with van der Waals surface area (Å²) >= 11 is 0. The van der Waals surface area contributed by atoms with E-state index >= 15 is 0 Å². The van der Waals surface area contributed by atoms with Crippen molar-refractivity contribution < 1.29 is 18.7 Å². The van der Waals surface area contributed by atoms with Crippen LogP contribution < -0.4 is 16.3 Å². The van der Waals surface area contributed by atoms with Crippen molar-refractivity contribution in [2.24, 2.45) is 0 Å². The van der Waals surface area contributed by atoms with Gasteiger partial charge in [0, 0.05) is 17.1 Å². The number of carbonyl (C=O) groups is 2. The van der Waals surface area contributed by atoms with Crippen molar-refractivity contribution in [1.29, 1.82) is 0 Å². The van der Waals surface area contributed by atoms with Gasteiger partial charge in [-0.15, -0.1) is 0 Å². The molecule has 0 radical (unpaired) electrons. The van der Waals surface area contributed by atoms with E-state index in [1.165, 1.54) is 12.3 Å². The molecule has 3 aromatic rings. The van der Waals surface area contributed by atoms with E-state index in [0.717, 1.165) is 0 Å². The van der Waals surface area contributed by atoms with E-state index in [9.17, 15) is 14.4 Å². The summed E-state index contributed by atoms with van der Waals surface area (Å²) in [5.41, 5.74) is 4.52. The fourth-order valence-corrected chi connectivity index (χ4v) is 2.40. The summed E-state index contributed by atoms with van der Waals surface area (Å²) in [7, 11) is 0. The van der Waals surface area contributed by atoms with Gasteiger partial charge in [-0.25, -0.2) is 0 Å². The van der Waals surface area contributed by atoms with Crippen LogP contribution in [-0.4, -0.2) is 22.9 Å². The molecule has 2 amide bonds. The quantitative estimate of drug-likeness (QED) is 0.596. The number of rotatable bonds is 5. The highest BCUT2D eigenvalue weighted by molar-refractivity contribution is 5.99. The minimum Gasteiger partial charge on any atom is -0.453 e. The van der Waals surface area contributed by atoms with Gasteiger partial charge in [0.2, 0.25) is 5.43 Å². The maximum absolute atomic E-state index is 12.4. The van der Waals surface area contributed by atoms with Crippen LogP contribution in [0.1, 0.15) is 40.5 Å². The first-order valence-corrected chi connectivity index (χ1v) is 8.37. The van der Waals surface area contributed by atoms with Gasteiger partial charge in [-0.2, -0.15) is 0 Å². The van der Waals surface area contributed by atoms with E-state index in [-0.39, 0.29) is 24.0 Å². The monoisotopic (exact) mass is 369 g/mol. The molecule has 0 aliphatic carbocycles. The standard InChI is InChI=1S/C19H19N3O5/c1-11(2)26-10-12-7-8-16(27-12)19(25)22-21-18(24)14-9-20-15-6-4-3-5-13(15)17(14)23/h3-9,11H,10H2,1-2H3,(H,20,23)(H,21,24)(H,22,25). The molecule has 3 rings (SSSR count). The number of fused-ring (bicyclic) bond motifs is 1. The molecule has 0 spiro atoms. The van der Waals surface area contributed by atoms with Crippen LogP contribution in [0.3, 0.4) is 0 Å². The number of aromatic nitrogens is 1. The summed E-state index contributed by atoms with van der Waals surface area (Å²) in [5.74, 6) is -0.863. The maximum Gasteiger partial charge on any atom is 0.305 e. The Morgan fingerprint density at radius 1 is 1.11 bits per heavy atom. The second-order valence-corrected chi connectivity index (χ2v) is 6.11. The zero-order valence-corrected chi connectivity index (χ0v) is 14.9. The van der Waals surface area contributed by atoms with E-state index in [2.05, 4.69) is 15.8 Å². The normalized spacial score (nSPS) is 10.9. The molecule has 2 aromatic heterocycles. The third-order valence-electron chi connectivity index (χ3n) is 3.77. The highest BCUT2D eigenvalue weighted by atomic mass is 16.5. The SMILES string of the molecule is CC(C)OCc1ccc(C(=O)NNC(=O)c2c[nH]c3ccccc3c2=O)o1. The van der Waals surface area contributed by atoms with E-state index in [0.29, 0.717) is 16.7 Å². The van der Waals surface area contributed by atoms with Gasteiger partial charge in [-0.05, 0) is 38.1 Å². The Morgan fingerprint density at radius 3 is 2.63 bits per heavy atom. The maximum atomic E-state index is 12.4. The van der Waals surface area contributed by atoms with Gasteiger partial charge in [-0.3, -0.25) is 25.2 Å². The van der Waals surface area contributed by atoms with Crippen molar-refractivity contribution in [2.75, 3.05) is 0 Å². The fourth-order valence-electron chi connectivity index (χ4n) is 2.40. The summed E-state index contributed by atoms with van der Waals surface area (Å²) in [6.07, 6.45) is 1.34. The fraction of sp³-hybridized carbons (Fsp3) is 0.211. The van der Waals surface area contributed by atoms with Crippen molar-refractivity contribution in [2.45, 2.75) is 26.6 Å². The van der Waals surface area contributed by atoms with Gasteiger partial charge in [0.25, 0.3) is 5.91 Å². The number of benzene rings is 1. The number of aromatic amines is 1. The van der Waals surface area contributed by atoms with Gasteiger partial charge < -0.3 is 14.1 Å². The van der Waals surface area contributed by atoms with Crippen molar-refractivity contribution in [1.82, 2.24) is 15.8 Å². The first-order valence-electron chi connectivity index (χ1n) is 8.37. The molecule has 1 aromatic carbocycles. The smallest absolute Gasteiger partial charge is 0.305 e. The number of hydrogen-bond donors (Lipinski definition) is 3. The molecule has 0 bridgehead atoms. The first-order chi connectivity index (χ1) is 13.0. The molecule has 2 heterocycles. The van der Waals surface area contributed by atoms with E-state index in [4.69, 9.17) is 9.15 Å². The molecule has 0 saturated heterocycles. The summed E-state index contributed by atoms with van der Waals surface area (Å²) in [6.45, 7) is 4.02. The number of carbonyl (C=O) groups excluding carboxylic acids is 2. The molecule has 0 saturated carbocycles. The molecule has 8 nitrogen and oxygen atoms in total. The average molecular weight is 369 g/mol. The molecule has 0 atom stereocenters. The van der Waals surface area contributed by atoms with Crippen LogP contribution in [0, 0.1) is 0 Å². The number of para-hydroxylation sites is 1. The number of furan rings is 1. The van der Waals surface area contributed by atoms with Crippen molar-refractivity contribution in [3.63, 3.8) is 0 Å². The third-order valence-corrected chi connectivity index (χ3v) is 3.77. The van der Waals surface area contributed by atoms with E-state index in [1.807, 2.05) is 13.8 Å². The van der Waals surface area contributed by atoms with Crippen LogP contribution in [0.25, 0.3) is 10.9 Å². The average Bonchev–Trinajstić information content (AvgIpc) is 3.14. The number of hydrogen-bond acceptors (Lipinski definition) is 5. The summed E-state index contributed by atoms with van der Waals surface area (Å²) in [6, 6.07) is 9.93. The largest absolute Gasteiger partial charge is 0.453 e. The van der Waals surface area contributed by atoms with Crippen molar-refractivity contribution >= 4 is 22.7 Å². The molecule has 27 heavy (non-hydrogen) atoms. The lowest BCUT2D eigenvalue weighted by atomic mass is 10.1. The summed E-state index contributed by atoms with van der Waals surface area (Å²) in [5, 5.41) is 0.386. The van der Waals surface area contributed by atoms with Crippen LogP contribution in [0.4, 0.5) is 0 Å². The van der Waals surface area contributed by atoms with Gasteiger partial charge in [0.1, 0.15) is 17.9 Å². The highest BCUT2D eigenvalue weighted by Gasteiger charge is 2.16. The van der Waals surface area contributed by atoms with Crippen LogP contribution >= 0.6 is 0 Å². The van der Waals surface area contributed by atoms with Gasteiger partial charge in [0.15, 0.2) is 5.76 Å². The second-order valence-electron chi connectivity index (χ2n) is 6.11. The molecular formula is C19H19N3O5. The Labute approximate surface area is 154 Å². The summed E-state index contributed by atoms with van der Waals surface area (Å²) < 4.78 is 10.8. The minimum atomic E-state index is -0.731. The van der Waals surface area contributed by atoms with Gasteiger partial charge >= 0.3 is 5.91 Å². The zero-order valence-electron chi connectivity index (χ0n) is 14.9. The predicted octanol–water partition coefficient (Wildman–Crippen LogP) is 2.12. The number of hydrazine groups is 1. The lowest BCUT2D eigenvalue weighted by Crippen LogP contribution is -2.43. The Bertz CT molecular complexity index is 1040.